The second-order valence-corrected chi connectivity index (χ2v) is 9.29. The van der Waals surface area contributed by atoms with Gasteiger partial charge in [-0.2, -0.15) is 18.2 Å². The summed E-state index contributed by atoms with van der Waals surface area (Å²) in [6, 6.07) is 14.0. The fraction of sp³-hybridized carbons (Fsp3) is 0.250. The van der Waals surface area contributed by atoms with Crippen molar-refractivity contribution in [2.24, 2.45) is 5.92 Å². The highest BCUT2D eigenvalue weighted by Crippen LogP contribution is 2.46. The van der Waals surface area contributed by atoms with E-state index in [1.54, 1.807) is 12.1 Å². The van der Waals surface area contributed by atoms with Crippen LogP contribution in [-0.2, 0) is 6.18 Å². The predicted octanol–water partition coefficient (Wildman–Crippen LogP) is 7.39. The van der Waals surface area contributed by atoms with E-state index in [1.165, 1.54) is 4.68 Å². The number of alkyl halides is 3. The number of halogens is 5. The average Bonchev–Trinajstić information content (AvgIpc) is 3.19. The number of benzene rings is 2. The van der Waals surface area contributed by atoms with Crippen molar-refractivity contribution in [3.8, 4) is 0 Å². The van der Waals surface area contributed by atoms with Crippen LogP contribution in [0.15, 0.2) is 65.4 Å². The van der Waals surface area contributed by atoms with Gasteiger partial charge in [0, 0.05) is 15.7 Å². The molecule has 0 bridgehead atoms. The molecule has 0 spiro atoms. The molecule has 4 nitrogen and oxygen atoms in total. The van der Waals surface area contributed by atoms with Crippen molar-refractivity contribution < 1.29 is 13.2 Å². The summed E-state index contributed by atoms with van der Waals surface area (Å²) >= 11 is 12.1. The second-order valence-electron chi connectivity index (χ2n) is 8.42. The van der Waals surface area contributed by atoms with E-state index in [0.717, 1.165) is 34.4 Å². The first-order valence-electron chi connectivity index (χ1n) is 10.4. The maximum absolute atomic E-state index is 13.5. The second kappa shape index (κ2) is 8.22. The Hall–Kier alpha value is -2.77. The maximum Gasteiger partial charge on any atom is 0.453 e. The minimum absolute atomic E-state index is 0.0672. The summed E-state index contributed by atoms with van der Waals surface area (Å²) in [6.07, 6.45) is -1.10. The predicted molar refractivity (Wildman–Crippen MR) is 123 cm³/mol. The molecule has 9 heteroatoms. The number of aromatic nitrogens is 3. The van der Waals surface area contributed by atoms with Crippen molar-refractivity contribution in [1.29, 1.82) is 0 Å². The van der Waals surface area contributed by atoms with Gasteiger partial charge in [0.05, 0.1) is 0 Å². The molecule has 2 aromatic carbocycles. The normalized spacial score (nSPS) is 21.6. The van der Waals surface area contributed by atoms with E-state index in [1.807, 2.05) is 42.5 Å². The first-order valence-corrected chi connectivity index (χ1v) is 11.2. The van der Waals surface area contributed by atoms with Crippen molar-refractivity contribution in [3.05, 3.63) is 92.4 Å². The summed E-state index contributed by atoms with van der Waals surface area (Å²) in [5.41, 5.74) is 4.54. The Labute approximate surface area is 198 Å². The van der Waals surface area contributed by atoms with Gasteiger partial charge in [0.1, 0.15) is 6.04 Å². The maximum atomic E-state index is 13.5. The number of hydrogen-bond donors (Lipinski definition) is 1. The molecule has 2 heterocycles. The quantitative estimate of drug-likeness (QED) is 0.407. The van der Waals surface area contributed by atoms with Crippen molar-refractivity contribution in [1.82, 2.24) is 14.8 Å². The van der Waals surface area contributed by atoms with Gasteiger partial charge >= 0.3 is 6.18 Å². The first-order chi connectivity index (χ1) is 15.7. The van der Waals surface area contributed by atoms with Gasteiger partial charge in [-0.1, -0.05) is 54.4 Å². The number of hydrogen-bond acceptors (Lipinski definition) is 3. The third-order valence-corrected chi connectivity index (χ3v) is 6.38. The molecule has 2 aliphatic rings. The molecule has 0 amide bonds. The Bertz CT molecular complexity index is 1260. The van der Waals surface area contributed by atoms with Crippen LogP contribution in [0, 0.1) is 5.92 Å². The first kappa shape index (κ1) is 22.0. The van der Waals surface area contributed by atoms with E-state index in [4.69, 9.17) is 23.2 Å². The molecule has 33 heavy (non-hydrogen) atoms. The fourth-order valence-electron chi connectivity index (χ4n) is 4.49. The average molecular weight is 491 g/mol. The van der Waals surface area contributed by atoms with Crippen LogP contribution in [0.4, 0.5) is 19.1 Å². The van der Waals surface area contributed by atoms with Crippen molar-refractivity contribution in [3.63, 3.8) is 0 Å². The zero-order valence-corrected chi connectivity index (χ0v) is 19.0. The topological polar surface area (TPSA) is 42.7 Å². The molecule has 2 unspecified atom stereocenters. The van der Waals surface area contributed by atoms with Gasteiger partial charge in [-0.25, -0.2) is 4.68 Å². The number of rotatable bonds is 2. The fourth-order valence-corrected chi connectivity index (χ4v) is 4.74. The van der Waals surface area contributed by atoms with Gasteiger partial charge < -0.3 is 5.32 Å². The lowest BCUT2D eigenvalue weighted by Crippen LogP contribution is -2.30. The lowest BCUT2D eigenvalue weighted by molar-refractivity contribution is -0.145. The van der Waals surface area contributed by atoms with Crippen LogP contribution in [0.25, 0.3) is 6.08 Å². The molecule has 0 saturated carbocycles. The molecule has 1 aliphatic carbocycles. The van der Waals surface area contributed by atoms with Crippen LogP contribution in [0.1, 0.15) is 42.8 Å². The zero-order valence-electron chi connectivity index (χ0n) is 17.5. The van der Waals surface area contributed by atoms with Crippen molar-refractivity contribution >= 4 is 35.2 Å². The van der Waals surface area contributed by atoms with E-state index < -0.39 is 18.0 Å². The molecule has 0 fully saturated rings. The molecular weight excluding hydrogens is 472 g/mol. The lowest BCUT2D eigenvalue weighted by Gasteiger charge is -2.36. The van der Waals surface area contributed by atoms with Crippen LogP contribution in [0.2, 0.25) is 10.0 Å². The molecule has 1 N–H and O–H groups in total. The minimum Gasteiger partial charge on any atom is -0.324 e. The molecule has 3 aromatic rings. The third-order valence-electron chi connectivity index (χ3n) is 5.87. The highest BCUT2D eigenvalue weighted by Gasteiger charge is 2.41. The number of allylic oxidation sites excluding steroid dienone is 2. The number of anilines is 1. The highest BCUT2D eigenvalue weighted by molar-refractivity contribution is 6.30. The van der Waals surface area contributed by atoms with Crippen LogP contribution < -0.4 is 5.32 Å². The Morgan fingerprint density at radius 1 is 1.00 bits per heavy atom. The van der Waals surface area contributed by atoms with E-state index >= 15 is 0 Å². The van der Waals surface area contributed by atoms with Gasteiger partial charge in [-0.05, 0) is 71.4 Å². The van der Waals surface area contributed by atoms with Crippen molar-refractivity contribution in [2.75, 3.05) is 5.32 Å². The van der Waals surface area contributed by atoms with E-state index in [9.17, 15) is 13.2 Å². The largest absolute Gasteiger partial charge is 0.453 e. The summed E-state index contributed by atoms with van der Waals surface area (Å²) in [5.74, 6) is -0.802. The SMILES string of the molecule is CC1CC(=Cc2ccc(Cl)cc2)C2=C(C1)C(c1ccc(Cl)cc1)n1nc(C(F)(F)F)nc1N2. The van der Waals surface area contributed by atoms with Gasteiger partial charge in [-0.15, -0.1) is 5.10 Å². The third kappa shape index (κ3) is 4.27. The summed E-state index contributed by atoms with van der Waals surface area (Å²) in [5, 5.41) is 8.20. The van der Waals surface area contributed by atoms with Gasteiger partial charge in [0.2, 0.25) is 5.95 Å². The Balaban J connectivity index is 1.68. The van der Waals surface area contributed by atoms with E-state index in [2.05, 4.69) is 22.3 Å². The molecule has 0 radical (unpaired) electrons. The van der Waals surface area contributed by atoms with Gasteiger partial charge in [0.15, 0.2) is 0 Å². The number of nitrogens with one attached hydrogen (secondary N) is 1. The highest BCUT2D eigenvalue weighted by atomic mass is 35.5. The Morgan fingerprint density at radius 2 is 1.64 bits per heavy atom. The van der Waals surface area contributed by atoms with E-state index in [-0.39, 0.29) is 5.95 Å². The summed E-state index contributed by atoms with van der Waals surface area (Å²) in [4.78, 5) is 3.79. The monoisotopic (exact) mass is 490 g/mol. The Morgan fingerprint density at radius 3 is 2.27 bits per heavy atom. The summed E-state index contributed by atoms with van der Waals surface area (Å²) in [6.45, 7) is 2.14. The molecule has 2 atom stereocenters. The van der Waals surface area contributed by atoms with Crippen LogP contribution >= 0.6 is 23.2 Å². The molecule has 170 valence electrons. The van der Waals surface area contributed by atoms with Gasteiger partial charge in [0.25, 0.3) is 5.82 Å². The molecule has 5 rings (SSSR count). The van der Waals surface area contributed by atoms with Crippen LogP contribution in [0.5, 0.6) is 0 Å². The Kier molecular flexibility index (Phi) is 5.49. The summed E-state index contributed by atoms with van der Waals surface area (Å²) < 4.78 is 41.7. The van der Waals surface area contributed by atoms with E-state index in [0.29, 0.717) is 22.4 Å². The minimum atomic E-state index is -4.65. The molecule has 1 aliphatic heterocycles. The van der Waals surface area contributed by atoms with Crippen LogP contribution in [0.3, 0.4) is 0 Å². The van der Waals surface area contributed by atoms with Gasteiger partial charge in [-0.3, -0.25) is 0 Å². The molecule has 1 aromatic heterocycles. The standard InChI is InChI=1S/C24H19Cl2F3N4/c1-13-10-16(12-14-2-6-17(25)7-3-14)20-19(11-13)21(15-4-8-18(26)9-5-15)33-23(30-20)31-22(32-33)24(27,28)29/h2-9,12-13,21H,10-11H2,1H3,(H,30,31,32). The zero-order chi connectivity index (χ0) is 23.3. The number of fused-ring (bicyclic) bond motifs is 1. The van der Waals surface area contributed by atoms with Crippen LogP contribution in [-0.4, -0.2) is 14.8 Å². The molecular formula is C24H19Cl2F3N4. The molecule has 0 saturated heterocycles. The smallest absolute Gasteiger partial charge is 0.324 e. The van der Waals surface area contributed by atoms with Crippen molar-refractivity contribution in [2.45, 2.75) is 32.0 Å². The summed E-state index contributed by atoms with van der Waals surface area (Å²) in [7, 11) is 0. The lowest BCUT2D eigenvalue weighted by atomic mass is 9.78. The number of nitrogens with zero attached hydrogens (tertiary/aromatic N) is 3.